The van der Waals surface area contributed by atoms with Gasteiger partial charge >= 0.3 is 0 Å². The number of hydrogen-bond acceptors (Lipinski definition) is 5. The summed E-state index contributed by atoms with van der Waals surface area (Å²) in [6, 6.07) is 10.8. The van der Waals surface area contributed by atoms with Gasteiger partial charge in [-0.25, -0.2) is 0 Å². The molecule has 0 spiro atoms. The van der Waals surface area contributed by atoms with Gasteiger partial charge in [0.2, 0.25) is 5.89 Å². The molecule has 0 bridgehead atoms. The number of thioether (sulfide) groups is 1. The quantitative estimate of drug-likeness (QED) is 0.415. The van der Waals surface area contributed by atoms with Crippen molar-refractivity contribution in [2.75, 3.05) is 5.75 Å². The Morgan fingerprint density at radius 1 is 1.08 bits per heavy atom. The highest BCUT2D eigenvalue weighted by Crippen LogP contribution is 2.27. The summed E-state index contributed by atoms with van der Waals surface area (Å²) in [5.41, 5.74) is 3.53. The summed E-state index contributed by atoms with van der Waals surface area (Å²) < 4.78 is 5.65. The van der Waals surface area contributed by atoms with Crippen LogP contribution in [0.25, 0.3) is 11.5 Å². The van der Waals surface area contributed by atoms with Crippen molar-refractivity contribution >= 4 is 40.7 Å². The van der Waals surface area contributed by atoms with Crippen molar-refractivity contribution in [3.8, 4) is 11.5 Å². The highest BCUT2D eigenvalue weighted by atomic mass is 35.5. The van der Waals surface area contributed by atoms with E-state index in [0.717, 1.165) is 16.7 Å². The van der Waals surface area contributed by atoms with Gasteiger partial charge in [0.1, 0.15) is 0 Å². The van der Waals surface area contributed by atoms with Gasteiger partial charge in [-0.1, -0.05) is 52.2 Å². The summed E-state index contributed by atoms with van der Waals surface area (Å²) >= 11 is 13.1. The lowest BCUT2D eigenvalue weighted by molar-refractivity contribution is 0.102. The highest BCUT2D eigenvalue weighted by molar-refractivity contribution is 7.99. The van der Waals surface area contributed by atoms with E-state index >= 15 is 0 Å². The van der Waals surface area contributed by atoms with Crippen LogP contribution in [-0.4, -0.2) is 21.7 Å². The zero-order valence-corrected chi connectivity index (χ0v) is 15.9. The molecule has 1 aromatic heterocycles. The third kappa shape index (κ3) is 4.42. The molecule has 7 heteroatoms. The Bertz CT molecular complexity index is 920. The number of carbonyl (C=O) groups is 1. The monoisotopic (exact) mass is 392 g/mol. The smallest absolute Gasteiger partial charge is 0.277 e. The third-order valence-electron chi connectivity index (χ3n) is 3.43. The van der Waals surface area contributed by atoms with Crippen LogP contribution in [0.15, 0.2) is 46.0 Å². The fourth-order valence-corrected chi connectivity index (χ4v) is 3.56. The zero-order valence-electron chi connectivity index (χ0n) is 13.5. The minimum absolute atomic E-state index is 0.127. The molecule has 2 aromatic carbocycles. The molecule has 0 saturated heterocycles. The van der Waals surface area contributed by atoms with E-state index in [-0.39, 0.29) is 11.5 Å². The largest absolute Gasteiger partial charge is 0.411 e. The van der Waals surface area contributed by atoms with Crippen molar-refractivity contribution in [2.24, 2.45) is 0 Å². The Balaban J connectivity index is 1.70. The first-order valence-electron chi connectivity index (χ1n) is 7.45. The zero-order chi connectivity index (χ0) is 18.0. The molecule has 0 amide bonds. The summed E-state index contributed by atoms with van der Waals surface area (Å²) in [6.07, 6.45) is 0. The fourth-order valence-electron chi connectivity index (χ4n) is 2.40. The molecular formula is C18H14Cl2N2O2S. The molecule has 0 saturated carbocycles. The molecule has 0 aliphatic rings. The fraction of sp³-hybridized carbons (Fsp3) is 0.167. The van der Waals surface area contributed by atoms with Crippen molar-refractivity contribution in [1.29, 1.82) is 0 Å². The summed E-state index contributed by atoms with van der Waals surface area (Å²) in [4.78, 5) is 12.3. The Kier molecular flexibility index (Phi) is 5.47. The summed E-state index contributed by atoms with van der Waals surface area (Å²) in [5, 5.41) is 9.21. The maximum atomic E-state index is 12.3. The van der Waals surface area contributed by atoms with Crippen molar-refractivity contribution in [1.82, 2.24) is 10.2 Å². The van der Waals surface area contributed by atoms with Crippen LogP contribution < -0.4 is 0 Å². The number of carbonyl (C=O) groups excluding carboxylic acids is 1. The minimum Gasteiger partial charge on any atom is -0.411 e. The first-order chi connectivity index (χ1) is 11.9. The second-order valence-electron chi connectivity index (χ2n) is 5.59. The minimum atomic E-state index is -0.127. The van der Waals surface area contributed by atoms with Crippen LogP contribution in [0.1, 0.15) is 21.5 Å². The van der Waals surface area contributed by atoms with Gasteiger partial charge in [-0.15, -0.1) is 10.2 Å². The first-order valence-corrected chi connectivity index (χ1v) is 9.20. The SMILES string of the molecule is Cc1cc(C)cc(-c2nnc(SCC(=O)c3ccc(Cl)cc3Cl)o2)c1. The van der Waals surface area contributed by atoms with Gasteiger partial charge in [0.25, 0.3) is 5.22 Å². The van der Waals surface area contributed by atoms with Gasteiger partial charge in [0, 0.05) is 16.1 Å². The second-order valence-corrected chi connectivity index (χ2v) is 7.36. The molecule has 0 aliphatic carbocycles. The molecular weight excluding hydrogens is 379 g/mol. The summed E-state index contributed by atoms with van der Waals surface area (Å²) in [6.45, 7) is 4.02. The number of rotatable bonds is 5. The molecule has 1 heterocycles. The molecule has 0 unspecified atom stereocenters. The lowest BCUT2D eigenvalue weighted by Crippen LogP contribution is -2.03. The second kappa shape index (κ2) is 7.60. The molecule has 4 nitrogen and oxygen atoms in total. The Labute approximate surface area is 159 Å². The number of ketones is 1. The number of aromatic nitrogens is 2. The molecule has 25 heavy (non-hydrogen) atoms. The van der Waals surface area contributed by atoms with Crippen LogP contribution in [0.4, 0.5) is 0 Å². The van der Waals surface area contributed by atoms with Gasteiger partial charge in [0.15, 0.2) is 5.78 Å². The number of hydrogen-bond donors (Lipinski definition) is 0. The van der Waals surface area contributed by atoms with Crippen LogP contribution in [0.2, 0.25) is 10.0 Å². The predicted molar refractivity (Wildman–Crippen MR) is 101 cm³/mol. The van der Waals surface area contributed by atoms with Gasteiger partial charge in [0.05, 0.1) is 10.8 Å². The van der Waals surface area contributed by atoms with Gasteiger partial charge < -0.3 is 4.42 Å². The van der Waals surface area contributed by atoms with Crippen molar-refractivity contribution in [3.05, 3.63) is 63.1 Å². The average molecular weight is 393 g/mol. The number of nitrogens with zero attached hydrogens (tertiary/aromatic N) is 2. The van der Waals surface area contributed by atoms with E-state index in [0.29, 0.717) is 26.7 Å². The third-order valence-corrected chi connectivity index (χ3v) is 4.80. The molecule has 0 fully saturated rings. The Hall–Kier alpha value is -1.82. The van der Waals surface area contributed by atoms with Gasteiger partial charge in [-0.05, 0) is 44.2 Å². The predicted octanol–water partition coefficient (Wildman–Crippen LogP) is 5.64. The summed E-state index contributed by atoms with van der Waals surface area (Å²) in [7, 11) is 0. The maximum absolute atomic E-state index is 12.3. The maximum Gasteiger partial charge on any atom is 0.277 e. The molecule has 0 radical (unpaired) electrons. The van der Waals surface area contributed by atoms with Crippen LogP contribution in [-0.2, 0) is 0 Å². The average Bonchev–Trinajstić information content (AvgIpc) is 3.00. The molecule has 128 valence electrons. The van der Waals surface area contributed by atoms with E-state index in [1.54, 1.807) is 18.2 Å². The van der Waals surface area contributed by atoms with E-state index in [4.69, 9.17) is 27.6 Å². The van der Waals surface area contributed by atoms with Crippen LogP contribution in [0, 0.1) is 13.8 Å². The Morgan fingerprint density at radius 2 is 1.80 bits per heavy atom. The summed E-state index contributed by atoms with van der Waals surface area (Å²) in [5.74, 6) is 0.458. The molecule has 0 N–H and O–H groups in total. The highest BCUT2D eigenvalue weighted by Gasteiger charge is 2.15. The first kappa shape index (κ1) is 18.0. The van der Waals surface area contributed by atoms with Gasteiger partial charge in [-0.3, -0.25) is 4.79 Å². The lowest BCUT2D eigenvalue weighted by Gasteiger charge is -2.02. The van der Waals surface area contributed by atoms with Crippen molar-refractivity contribution in [2.45, 2.75) is 19.1 Å². The van der Waals surface area contributed by atoms with E-state index < -0.39 is 0 Å². The van der Waals surface area contributed by atoms with Crippen molar-refractivity contribution < 1.29 is 9.21 Å². The molecule has 3 aromatic rings. The van der Waals surface area contributed by atoms with Crippen LogP contribution in [0.3, 0.4) is 0 Å². The molecule has 3 rings (SSSR count). The van der Waals surface area contributed by atoms with Gasteiger partial charge in [-0.2, -0.15) is 0 Å². The number of benzene rings is 2. The van der Waals surface area contributed by atoms with Crippen molar-refractivity contribution in [3.63, 3.8) is 0 Å². The standard InChI is InChI=1S/C18H14Cl2N2O2S/c1-10-5-11(2)7-12(6-10)17-21-22-18(24-17)25-9-16(23)14-4-3-13(19)8-15(14)20/h3-8H,9H2,1-2H3. The molecule has 0 atom stereocenters. The molecule has 0 aliphatic heterocycles. The van der Waals surface area contributed by atoms with Crippen LogP contribution >= 0.6 is 35.0 Å². The topological polar surface area (TPSA) is 56.0 Å². The Morgan fingerprint density at radius 3 is 2.48 bits per heavy atom. The van der Waals surface area contributed by atoms with E-state index in [1.165, 1.54) is 11.8 Å². The van der Waals surface area contributed by atoms with E-state index in [2.05, 4.69) is 16.3 Å². The van der Waals surface area contributed by atoms with E-state index in [9.17, 15) is 4.79 Å². The van der Waals surface area contributed by atoms with E-state index in [1.807, 2.05) is 26.0 Å². The van der Waals surface area contributed by atoms with Crippen LogP contribution in [0.5, 0.6) is 0 Å². The normalized spacial score (nSPS) is 10.9. The number of halogens is 2. The number of aryl methyl sites for hydroxylation is 2. The lowest BCUT2D eigenvalue weighted by atomic mass is 10.1. The number of Topliss-reactive ketones (excluding diaryl/α,β-unsaturated/α-hetero) is 1.